The van der Waals surface area contributed by atoms with Crippen molar-refractivity contribution in [2.45, 2.75) is 19.4 Å². The molecule has 0 bridgehead atoms. The second kappa shape index (κ2) is 10.0. The number of rotatable bonds is 6. The van der Waals surface area contributed by atoms with E-state index in [4.69, 9.17) is 26.1 Å². The monoisotopic (exact) mass is 481 g/mol. The second-order valence-corrected chi connectivity index (χ2v) is 9.02. The molecule has 6 nitrogen and oxygen atoms in total. The molecular formula is C22H25Cl2N3O3S. The van der Waals surface area contributed by atoms with Gasteiger partial charge in [0.15, 0.2) is 16.6 Å². The lowest BCUT2D eigenvalue weighted by atomic mass is 10.2. The van der Waals surface area contributed by atoms with Gasteiger partial charge in [-0.2, -0.15) is 0 Å². The number of aromatic nitrogens is 1. The Morgan fingerprint density at radius 3 is 2.71 bits per heavy atom. The number of hydrogen-bond donors (Lipinski definition) is 0. The van der Waals surface area contributed by atoms with Gasteiger partial charge in [-0.25, -0.2) is 4.98 Å². The van der Waals surface area contributed by atoms with Crippen molar-refractivity contribution >= 4 is 56.6 Å². The normalized spacial score (nSPS) is 15.1. The van der Waals surface area contributed by atoms with Gasteiger partial charge in [0.05, 0.1) is 10.2 Å². The first-order valence-electron chi connectivity index (χ1n) is 9.83. The van der Waals surface area contributed by atoms with E-state index in [2.05, 4.69) is 4.90 Å². The maximum Gasteiger partial charge on any atom is 0.273 e. The molecule has 1 amide bonds. The summed E-state index contributed by atoms with van der Waals surface area (Å²) in [6.07, 6.45) is 0.106. The number of aryl methyl sites for hydroxylation is 1. The van der Waals surface area contributed by atoms with E-state index in [1.807, 2.05) is 57.4 Å². The van der Waals surface area contributed by atoms with Gasteiger partial charge in [-0.05, 0) is 63.8 Å². The molecule has 2 heterocycles. The molecule has 0 aliphatic carbocycles. The average molecular weight is 482 g/mol. The van der Waals surface area contributed by atoms with Crippen LogP contribution in [-0.4, -0.2) is 55.7 Å². The summed E-state index contributed by atoms with van der Waals surface area (Å²) in [5.74, 6) is 1.10. The van der Waals surface area contributed by atoms with Gasteiger partial charge in [0.2, 0.25) is 6.10 Å². The van der Waals surface area contributed by atoms with Gasteiger partial charge in [0, 0.05) is 11.6 Å². The number of nitrogens with zero attached hydrogens (tertiary/aromatic N) is 3. The van der Waals surface area contributed by atoms with Crippen LogP contribution >= 0.6 is 35.3 Å². The molecule has 1 aliphatic rings. The summed E-state index contributed by atoms with van der Waals surface area (Å²) in [7, 11) is 4.04. The first kappa shape index (κ1) is 23.6. The van der Waals surface area contributed by atoms with Crippen molar-refractivity contribution in [3.63, 3.8) is 0 Å². The third-order valence-electron chi connectivity index (χ3n) is 4.91. The van der Waals surface area contributed by atoms with Crippen molar-refractivity contribution in [3.05, 3.63) is 47.0 Å². The van der Waals surface area contributed by atoms with Crippen LogP contribution in [0.4, 0.5) is 5.13 Å². The van der Waals surface area contributed by atoms with Crippen LogP contribution in [0.5, 0.6) is 11.5 Å². The number of anilines is 1. The van der Waals surface area contributed by atoms with E-state index in [1.165, 1.54) is 11.3 Å². The molecule has 1 atom stereocenters. The van der Waals surface area contributed by atoms with E-state index in [9.17, 15) is 4.79 Å². The molecule has 3 aromatic rings. The molecule has 166 valence electrons. The molecule has 0 saturated heterocycles. The zero-order chi connectivity index (χ0) is 21.3. The van der Waals surface area contributed by atoms with E-state index in [0.717, 1.165) is 28.7 Å². The minimum absolute atomic E-state index is 0. The Kier molecular flexibility index (Phi) is 7.64. The van der Waals surface area contributed by atoms with Crippen LogP contribution in [0.2, 0.25) is 5.02 Å². The van der Waals surface area contributed by atoms with Crippen molar-refractivity contribution in [2.24, 2.45) is 0 Å². The first-order valence-corrected chi connectivity index (χ1v) is 11.0. The molecule has 2 aromatic carbocycles. The Bertz CT molecular complexity index is 1070. The van der Waals surface area contributed by atoms with Crippen LogP contribution < -0.4 is 14.4 Å². The van der Waals surface area contributed by atoms with Crippen molar-refractivity contribution in [1.29, 1.82) is 0 Å². The molecule has 1 aromatic heterocycles. The Hall–Kier alpha value is -2.06. The van der Waals surface area contributed by atoms with Gasteiger partial charge in [-0.1, -0.05) is 35.1 Å². The highest BCUT2D eigenvalue weighted by Gasteiger charge is 2.33. The van der Waals surface area contributed by atoms with E-state index >= 15 is 0 Å². The van der Waals surface area contributed by atoms with Gasteiger partial charge in [0.1, 0.15) is 6.61 Å². The van der Waals surface area contributed by atoms with Crippen LogP contribution in [0.3, 0.4) is 0 Å². The van der Waals surface area contributed by atoms with Crippen LogP contribution in [0, 0.1) is 6.92 Å². The van der Waals surface area contributed by atoms with E-state index < -0.39 is 6.10 Å². The molecule has 0 saturated carbocycles. The van der Waals surface area contributed by atoms with Gasteiger partial charge >= 0.3 is 0 Å². The van der Waals surface area contributed by atoms with Gasteiger partial charge in [-0.15, -0.1) is 12.4 Å². The predicted molar refractivity (Wildman–Crippen MR) is 128 cm³/mol. The van der Waals surface area contributed by atoms with Crippen molar-refractivity contribution in [2.75, 3.05) is 38.7 Å². The van der Waals surface area contributed by atoms with Gasteiger partial charge in [-0.3, -0.25) is 9.69 Å². The summed E-state index contributed by atoms with van der Waals surface area (Å²) >= 11 is 7.69. The van der Waals surface area contributed by atoms with Crippen molar-refractivity contribution in [3.8, 4) is 11.5 Å². The number of benzene rings is 2. The quantitative estimate of drug-likeness (QED) is 0.505. The number of carbonyl (C=O) groups excluding carboxylic acids is 1. The van der Waals surface area contributed by atoms with Crippen LogP contribution in [-0.2, 0) is 4.79 Å². The molecule has 0 radical (unpaired) electrons. The van der Waals surface area contributed by atoms with E-state index in [-0.39, 0.29) is 24.9 Å². The highest BCUT2D eigenvalue weighted by molar-refractivity contribution is 7.22. The molecule has 0 fully saturated rings. The summed E-state index contributed by atoms with van der Waals surface area (Å²) in [6.45, 7) is 3.57. The van der Waals surface area contributed by atoms with Crippen molar-refractivity contribution < 1.29 is 14.3 Å². The number of thiazole rings is 1. The second-order valence-electron chi connectivity index (χ2n) is 7.58. The van der Waals surface area contributed by atoms with E-state index in [1.54, 1.807) is 4.90 Å². The topological polar surface area (TPSA) is 54.9 Å². The minimum Gasteiger partial charge on any atom is -0.485 e. The van der Waals surface area contributed by atoms with Crippen LogP contribution in [0.1, 0.15) is 12.0 Å². The highest BCUT2D eigenvalue weighted by atomic mass is 35.5. The SMILES string of the molecule is Cc1cc(Cl)cc2sc(N(CCCN(C)C)C(=O)C3COc4ccccc4O3)nc12.Cl. The fourth-order valence-corrected chi connectivity index (χ4v) is 4.87. The lowest BCUT2D eigenvalue weighted by Gasteiger charge is -2.29. The number of amides is 1. The summed E-state index contributed by atoms with van der Waals surface area (Å²) in [5, 5.41) is 1.32. The first-order chi connectivity index (χ1) is 14.4. The van der Waals surface area contributed by atoms with E-state index in [0.29, 0.717) is 28.2 Å². The number of carbonyl (C=O) groups is 1. The number of fused-ring (bicyclic) bond motifs is 2. The lowest BCUT2D eigenvalue weighted by Crippen LogP contribution is -2.47. The Morgan fingerprint density at radius 2 is 1.97 bits per heavy atom. The molecule has 1 unspecified atom stereocenters. The molecule has 0 N–H and O–H groups in total. The van der Waals surface area contributed by atoms with Crippen molar-refractivity contribution in [1.82, 2.24) is 9.88 Å². The zero-order valence-corrected chi connectivity index (χ0v) is 20.0. The summed E-state index contributed by atoms with van der Waals surface area (Å²) in [5.41, 5.74) is 1.86. The lowest BCUT2D eigenvalue weighted by molar-refractivity contribution is -0.127. The molecule has 1 aliphatic heterocycles. The maximum absolute atomic E-state index is 13.5. The molecule has 4 rings (SSSR count). The van der Waals surface area contributed by atoms with Gasteiger partial charge < -0.3 is 14.4 Å². The standard InChI is InChI=1S/C22H24ClN3O3S.ClH/c1-14-11-15(23)12-19-20(14)24-22(30-19)26(10-6-9-25(2)3)21(27)18-13-28-16-7-4-5-8-17(16)29-18;/h4-5,7-8,11-12,18H,6,9-10,13H2,1-3H3;1H. The fourth-order valence-electron chi connectivity index (χ4n) is 3.42. The third kappa shape index (κ3) is 5.23. The summed E-state index contributed by atoms with van der Waals surface area (Å²) in [6, 6.07) is 11.2. The molecule has 0 spiro atoms. The molecule has 9 heteroatoms. The summed E-state index contributed by atoms with van der Waals surface area (Å²) in [4.78, 5) is 22.1. The smallest absolute Gasteiger partial charge is 0.273 e. The largest absolute Gasteiger partial charge is 0.485 e. The van der Waals surface area contributed by atoms with Crippen LogP contribution in [0.25, 0.3) is 10.2 Å². The number of hydrogen-bond acceptors (Lipinski definition) is 6. The molecular weight excluding hydrogens is 457 g/mol. The van der Waals surface area contributed by atoms with Crippen LogP contribution in [0.15, 0.2) is 36.4 Å². The third-order valence-corrected chi connectivity index (χ3v) is 6.15. The average Bonchev–Trinajstić information content (AvgIpc) is 3.14. The summed E-state index contributed by atoms with van der Waals surface area (Å²) < 4.78 is 12.7. The highest BCUT2D eigenvalue weighted by Crippen LogP contribution is 2.35. The fraction of sp³-hybridized carbons (Fsp3) is 0.364. The molecule has 31 heavy (non-hydrogen) atoms. The number of ether oxygens (including phenoxy) is 2. The number of para-hydroxylation sites is 2. The Labute approximate surface area is 197 Å². The zero-order valence-electron chi connectivity index (χ0n) is 17.6. The number of halogens is 2. The Morgan fingerprint density at radius 1 is 1.23 bits per heavy atom. The predicted octanol–water partition coefficient (Wildman–Crippen LogP) is 4.80. The van der Waals surface area contributed by atoms with Gasteiger partial charge in [0.25, 0.3) is 5.91 Å². The minimum atomic E-state index is -0.712. The Balaban J connectivity index is 0.00000272. The maximum atomic E-state index is 13.5.